The summed E-state index contributed by atoms with van der Waals surface area (Å²) in [5.41, 5.74) is 1.42. The molecule has 1 aliphatic rings. The standard InChI is InChI=1S/C16H24O2/c1-4-13-6-8-14(9-7-13)16(17)10-11-18-15(3,5-2)12-16/h6-9,17H,4-5,10-12H2,1-3H3. The largest absolute Gasteiger partial charge is 0.385 e. The molecule has 1 fully saturated rings. The molecule has 1 N–H and O–H groups in total. The zero-order valence-electron chi connectivity index (χ0n) is 11.7. The Morgan fingerprint density at radius 2 is 1.89 bits per heavy atom. The second kappa shape index (κ2) is 5.02. The van der Waals surface area contributed by atoms with E-state index in [4.69, 9.17) is 4.74 Å². The maximum atomic E-state index is 10.9. The van der Waals surface area contributed by atoms with E-state index in [9.17, 15) is 5.11 Å². The summed E-state index contributed by atoms with van der Waals surface area (Å²) in [5, 5.41) is 10.9. The molecule has 0 spiro atoms. The molecule has 1 heterocycles. The van der Waals surface area contributed by atoms with Crippen LogP contribution in [0.3, 0.4) is 0 Å². The third kappa shape index (κ3) is 2.60. The number of benzene rings is 1. The van der Waals surface area contributed by atoms with Crippen molar-refractivity contribution in [1.82, 2.24) is 0 Å². The highest BCUT2D eigenvalue weighted by molar-refractivity contribution is 5.28. The van der Waals surface area contributed by atoms with Gasteiger partial charge in [-0.3, -0.25) is 0 Å². The predicted molar refractivity (Wildman–Crippen MR) is 73.6 cm³/mol. The van der Waals surface area contributed by atoms with E-state index in [1.54, 1.807) is 0 Å². The second-order valence-corrected chi connectivity index (χ2v) is 5.66. The molecule has 0 aliphatic carbocycles. The van der Waals surface area contributed by atoms with E-state index in [-0.39, 0.29) is 5.60 Å². The van der Waals surface area contributed by atoms with Crippen molar-refractivity contribution in [3.05, 3.63) is 35.4 Å². The van der Waals surface area contributed by atoms with Gasteiger partial charge < -0.3 is 9.84 Å². The first kappa shape index (κ1) is 13.6. The molecule has 100 valence electrons. The fraction of sp³-hybridized carbons (Fsp3) is 0.625. The van der Waals surface area contributed by atoms with E-state index in [2.05, 4.69) is 45.0 Å². The molecule has 1 aliphatic heterocycles. The van der Waals surface area contributed by atoms with Gasteiger partial charge in [0.1, 0.15) is 0 Å². The first-order chi connectivity index (χ1) is 8.51. The van der Waals surface area contributed by atoms with Crippen molar-refractivity contribution in [3.63, 3.8) is 0 Å². The average molecular weight is 248 g/mol. The summed E-state index contributed by atoms with van der Waals surface area (Å²) < 4.78 is 5.82. The van der Waals surface area contributed by atoms with Gasteiger partial charge >= 0.3 is 0 Å². The van der Waals surface area contributed by atoms with E-state index in [0.717, 1.165) is 18.4 Å². The highest BCUT2D eigenvalue weighted by Crippen LogP contribution is 2.40. The molecular formula is C16H24O2. The molecule has 1 saturated heterocycles. The van der Waals surface area contributed by atoms with Crippen LogP contribution in [-0.2, 0) is 16.8 Å². The minimum atomic E-state index is -0.727. The Morgan fingerprint density at radius 3 is 2.44 bits per heavy atom. The third-order valence-corrected chi connectivity index (χ3v) is 4.28. The number of aliphatic hydroxyl groups is 1. The monoisotopic (exact) mass is 248 g/mol. The van der Waals surface area contributed by atoms with Gasteiger partial charge in [-0.25, -0.2) is 0 Å². The predicted octanol–water partition coefficient (Wildman–Crippen LogP) is 3.42. The van der Waals surface area contributed by atoms with Crippen molar-refractivity contribution in [3.8, 4) is 0 Å². The van der Waals surface area contributed by atoms with Gasteiger partial charge in [-0.1, -0.05) is 38.1 Å². The van der Waals surface area contributed by atoms with Gasteiger partial charge in [0.05, 0.1) is 17.8 Å². The number of rotatable bonds is 3. The molecule has 2 nitrogen and oxygen atoms in total. The summed E-state index contributed by atoms with van der Waals surface area (Å²) in [5.74, 6) is 0. The molecule has 0 radical (unpaired) electrons. The number of hydrogen-bond acceptors (Lipinski definition) is 2. The van der Waals surface area contributed by atoms with Crippen molar-refractivity contribution >= 4 is 0 Å². The topological polar surface area (TPSA) is 29.5 Å². The molecule has 0 aromatic heterocycles. The lowest BCUT2D eigenvalue weighted by molar-refractivity contribution is -0.157. The van der Waals surface area contributed by atoms with Gasteiger partial charge in [0, 0.05) is 12.8 Å². The van der Waals surface area contributed by atoms with Gasteiger partial charge in [0.25, 0.3) is 0 Å². The zero-order valence-corrected chi connectivity index (χ0v) is 11.7. The third-order valence-electron chi connectivity index (χ3n) is 4.28. The summed E-state index contributed by atoms with van der Waals surface area (Å²) in [6.45, 7) is 6.99. The van der Waals surface area contributed by atoms with Crippen LogP contribution < -0.4 is 0 Å². The number of ether oxygens (including phenoxy) is 1. The van der Waals surface area contributed by atoms with Crippen molar-refractivity contribution in [1.29, 1.82) is 0 Å². The maximum Gasteiger partial charge on any atom is 0.0945 e. The molecule has 1 aromatic carbocycles. The zero-order chi connectivity index (χ0) is 13.2. The highest BCUT2D eigenvalue weighted by Gasteiger charge is 2.42. The van der Waals surface area contributed by atoms with Gasteiger partial charge in [0.2, 0.25) is 0 Å². The van der Waals surface area contributed by atoms with Gasteiger partial charge in [-0.15, -0.1) is 0 Å². The van der Waals surface area contributed by atoms with Crippen LogP contribution in [0.5, 0.6) is 0 Å². The van der Waals surface area contributed by atoms with Crippen LogP contribution in [0.4, 0.5) is 0 Å². The minimum absolute atomic E-state index is 0.198. The lowest BCUT2D eigenvalue weighted by Crippen LogP contribution is -2.45. The van der Waals surface area contributed by atoms with Crippen LogP contribution >= 0.6 is 0 Å². The first-order valence-electron chi connectivity index (χ1n) is 6.97. The van der Waals surface area contributed by atoms with Crippen LogP contribution in [0.25, 0.3) is 0 Å². The molecule has 2 rings (SSSR count). The van der Waals surface area contributed by atoms with Crippen LogP contribution in [0.15, 0.2) is 24.3 Å². The fourth-order valence-electron chi connectivity index (χ4n) is 2.75. The average Bonchev–Trinajstić information content (AvgIpc) is 2.39. The summed E-state index contributed by atoms with van der Waals surface area (Å²) in [7, 11) is 0. The van der Waals surface area contributed by atoms with Crippen molar-refractivity contribution in [2.75, 3.05) is 6.61 Å². The molecule has 0 bridgehead atoms. The molecule has 0 saturated carbocycles. The lowest BCUT2D eigenvalue weighted by Gasteiger charge is -2.43. The maximum absolute atomic E-state index is 10.9. The molecule has 2 atom stereocenters. The minimum Gasteiger partial charge on any atom is -0.385 e. The Kier molecular flexibility index (Phi) is 3.79. The SMILES string of the molecule is CCc1ccc(C2(O)CCOC(C)(CC)C2)cc1. The molecular weight excluding hydrogens is 224 g/mol. The smallest absolute Gasteiger partial charge is 0.0945 e. The van der Waals surface area contributed by atoms with Crippen molar-refractivity contribution in [2.24, 2.45) is 0 Å². The first-order valence-corrected chi connectivity index (χ1v) is 6.97. The number of hydrogen-bond donors (Lipinski definition) is 1. The summed E-state index contributed by atoms with van der Waals surface area (Å²) in [6, 6.07) is 8.37. The Labute approximate surface area is 110 Å². The fourth-order valence-corrected chi connectivity index (χ4v) is 2.75. The van der Waals surface area contributed by atoms with E-state index < -0.39 is 5.60 Å². The quantitative estimate of drug-likeness (QED) is 0.888. The van der Waals surface area contributed by atoms with E-state index in [1.807, 2.05) is 0 Å². The van der Waals surface area contributed by atoms with Gasteiger partial charge in [-0.2, -0.15) is 0 Å². The molecule has 2 unspecified atom stereocenters. The summed E-state index contributed by atoms with van der Waals surface area (Å²) in [4.78, 5) is 0. The summed E-state index contributed by atoms with van der Waals surface area (Å²) >= 11 is 0. The normalized spacial score (nSPS) is 32.4. The van der Waals surface area contributed by atoms with Crippen LogP contribution in [0.1, 0.15) is 51.2 Å². The van der Waals surface area contributed by atoms with Crippen LogP contribution in [-0.4, -0.2) is 17.3 Å². The van der Waals surface area contributed by atoms with Gasteiger partial charge in [-0.05, 0) is 30.9 Å². The second-order valence-electron chi connectivity index (χ2n) is 5.66. The van der Waals surface area contributed by atoms with Crippen LogP contribution in [0.2, 0.25) is 0 Å². The molecule has 18 heavy (non-hydrogen) atoms. The summed E-state index contributed by atoms with van der Waals surface area (Å²) in [6.07, 6.45) is 3.34. The Balaban J connectivity index is 2.23. The van der Waals surface area contributed by atoms with E-state index in [0.29, 0.717) is 19.4 Å². The van der Waals surface area contributed by atoms with Gasteiger partial charge in [0.15, 0.2) is 0 Å². The van der Waals surface area contributed by atoms with Crippen LogP contribution in [0, 0.1) is 0 Å². The van der Waals surface area contributed by atoms with E-state index >= 15 is 0 Å². The Hall–Kier alpha value is -0.860. The lowest BCUT2D eigenvalue weighted by atomic mass is 9.77. The van der Waals surface area contributed by atoms with Crippen molar-refractivity contribution < 1.29 is 9.84 Å². The molecule has 0 amide bonds. The Morgan fingerprint density at radius 1 is 1.22 bits per heavy atom. The molecule has 2 heteroatoms. The Bertz CT molecular complexity index is 398. The van der Waals surface area contributed by atoms with Crippen molar-refractivity contribution in [2.45, 2.75) is 57.7 Å². The van der Waals surface area contributed by atoms with E-state index in [1.165, 1.54) is 5.56 Å². The number of aryl methyl sites for hydroxylation is 1. The highest BCUT2D eigenvalue weighted by atomic mass is 16.5. The molecule has 1 aromatic rings.